The number of rotatable bonds is 3. The van der Waals surface area contributed by atoms with Crippen molar-refractivity contribution in [2.75, 3.05) is 5.32 Å². The number of furan rings is 1. The summed E-state index contributed by atoms with van der Waals surface area (Å²) in [5.74, 6) is 0.808. The first-order chi connectivity index (χ1) is 8.06. The van der Waals surface area contributed by atoms with Crippen LogP contribution in [0, 0.1) is 6.92 Å². The summed E-state index contributed by atoms with van der Waals surface area (Å²) in [6, 6.07) is 5.48. The van der Waals surface area contributed by atoms with Crippen molar-refractivity contribution in [3.8, 4) is 0 Å². The largest absolute Gasteiger partial charge is 0.452 e. The van der Waals surface area contributed by atoms with Gasteiger partial charge in [-0.2, -0.15) is 0 Å². The summed E-state index contributed by atoms with van der Waals surface area (Å²) < 4.78 is 6.07. The molecule has 0 saturated heterocycles. The van der Waals surface area contributed by atoms with Crippen molar-refractivity contribution < 1.29 is 4.42 Å². The van der Waals surface area contributed by atoms with Gasteiger partial charge in [-0.15, -0.1) is 0 Å². The Balaban J connectivity index is 2.14. The predicted molar refractivity (Wildman–Crippen MR) is 72.7 cm³/mol. The lowest BCUT2D eigenvalue weighted by Gasteiger charge is -2.09. The highest BCUT2D eigenvalue weighted by molar-refractivity contribution is 9.10. The predicted octanol–water partition coefficient (Wildman–Crippen LogP) is 4.66. The van der Waals surface area contributed by atoms with Crippen LogP contribution in [0.4, 0.5) is 5.69 Å². The van der Waals surface area contributed by atoms with Gasteiger partial charge < -0.3 is 9.73 Å². The van der Waals surface area contributed by atoms with Crippen LogP contribution in [0.25, 0.3) is 0 Å². The Morgan fingerprint density at radius 2 is 2.18 bits per heavy atom. The second-order valence-electron chi connectivity index (χ2n) is 3.49. The SMILES string of the molecule is Cc1cc(Cl)nc(Cl)c1NCc1ccc(Br)o1. The van der Waals surface area contributed by atoms with E-state index >= 15 is 0 Å². The van der Waals surface area contributed by atoms with E-state index in [9.17, 15) is 0 Å². The first-order valence-electron chi connectivity index (χ1n) is 4.87. The topological polar surface area (TPSA) is 38.1 Å². The highest BCUT2D eigenvalue weighted by Crippen LogP contribution is 2.27. The van der Waals surface area contributed by atoms with E-state index in [0.717, 1.165) is 17.0 Å². The molecular formula is C11H9BrCl2N2O. The standard InChI is InChI=1S/C11H9BrCl2N2O/c1-6-4-9(13)16-11(14)10(6)15-5-7-2-3-8(12)17-7/h2-4,15H,5H2,1H3. The van der Waals surface area contributed by atoms with E-state index in [1.165, 1.54) is 0 Å². The van der Waals surface area contributed by atoms with Crippen LogP contribution in [0.3, 0.4) is 0 Å². The van der Waals surface area contributed by atoms with Gasteiger partial charge in [0.1, 0.15) is 10.9 Å². The van der Waals surface area contributed by atoms with Gasteiger partial charge in [0.15, 0.2) is 9.82 Å². The summed E-state index contributed by atoms with van der Waals surface area (Å²) in [6.07, 6.45) is 0. The summed E-state index contributed by atoms with van der Waals surface area (Å²) in [5.41, 5.74) is 1.71. The van der Waals surface area contributed by atoms with Gasteiger partial charge in [-0.3, -0.25) is 0 Å². The molecule has 0 amide bonds. The number of aromatic nitrogens is 1. The first-order valence-corrected chi connectivity index (χ1v) is 6.42. The average molecular weight is 336 g/mol. The van der Waals surface area contributed by atoms with Crippen molar-refractivity contribution in [3.05, 3.63) is 44.5 Å². The van der Waals surface area contributed by atoms with E-state index in [4.69, 9.17) is 27.6 Å². The summed E-state index contributed by atoms with van der Waals surface area (Å²) in [5, 5.41) is 3.92. The Kier molecular flexibility index (Phi) is 3.97. The van der Waals surface area contributed by atoms with Gasteiger partial charge in [-0.25, -0.2) is 4.98 Å². The monoisotopic (exact) mass is 334 g/mol. The smallest absolute Gasteiger partial charge is 0.169 e. The molecule has 1 N–H and O–H groups in total. The Morgan fingerprint density at radius 3 is 2.76 bits per heavy atom. The Bertz CT molecular complexity index is 519. The minimum Gasteiger partial charge on any atom is -0.452 e. The number of hydrogen-bond donors (Lipinski definition) is 1. The fourth-order valence-electron chi connectivity index (χ4n) is 1.43. The molecule has 3 nitrogen and oxygen atoms in total. The van der Waals surface area contributed by atoms with Crippen LogP contribution < -0.4 is 5.32 Å². The zero-order chi connectivity index (χ0) is 12.4. The zero-order valence-electron chi connectivity index (χ0n) is 8.93. The molecule has 0 unspecified atom stereocenters. The van der Waals surface area contributed by atoms with E-state index in [-0.39, 0.29) is 0 Å². The van der Waals surface area contributed by atoms with Crippen molar-refractivity contribution >= 4 is 44.8 Å². The molecule has 6 heteroatoms. The highest BCUT2D eigenvalue weighted by Gasteiger charge is 2.08. The van der Waals surface area contributed by atoms with Gasteiger partial charge in [-0.1, -0.05) is 23.2 Å². The summed E-state index contributed by atoms with van der Waals surface area (Å²) >= 11 is 15.0. The van der Waals surface area contributed by atoms with Crippen LogP contribution >= 0.6 is 39.1 Å². The fourth-order valence-corrected chi connectivity index (χ4v) is 2.37. The van der Waals surface area contributed by atoms with Crippen molar-refractivity contribution in [1.29, 1.82) is 0 Å². The van der Waals surface area contributed by atoms with E-state index in [0.29, 0.717) is 21.5 Å². The Morgan fingerprint density at radius 1 is 1.41 bits per heavy atom. The van der Waals surface area contributed by atoms with Gasteiger partial charge >= 0.3 is 0 Å². The van der Waals surface area contributed by atoms with Crippen LogP contribution in [-0.2, 0) is 6.54 Å². The molecule has 0 atom stereocenters. The van der Waals surface area contributed by atoms with Crippen molar-refractivity contribution in [2.45, 2.75) is 13.5 Å². The molecule has 0 saturated carbocycles. The molecule has 0 bridgehead atoms. The van der Waals surface area contributed by atoms with Crippen LogP contribution in [0.5, 0.6) is 0 Å². The van der Waals surface area contributed by atoms with Crippen LogP contribution in [0.2, 0.25) is 10.3 Å². The molecule has 0 spiro atoms. The zero-order valence-corrected chi connectivity index (χ0v) is 12.0. The molecule has 0 aliphatic heterocycles. The second-order valence-corrected chi connectivity index (χ2v) is 5.01. The highest BCUT2D eigenvalue weighted by atomic mass is 79.9. The maximum Gasteiger partial charge on any atom is 0.169 e. The minimum atomic E-state index is 0.362. The second kappa shape index (κ2) is 5.29. The van der Waals surface area contributed by atoms with Crippen molar-refractivity contribution in [3.63, 3.8) is 0 Å². The lowest BCUT2D eigenvalue weighted by atomic mass is 10.2. The summed E-state index contributed by atoms with van der Waals surface area (Å²) in [4.78, 5) is 3.98. The lowest BCUT2D eigenvalue weighted by molar-refractivity contribution is 0.495. The molecule has 2 aromatic rings. The molecule has 90 valence electrons. The van der Waals surface area contributed by atoms with Gasteiger partial charge in [0.25, 0.3) is 0 Å². The molecule has 2 heterocycles. The van der Waals surface area contributed by atoms with Crippen molar-refractivity contribution in [2.24, 2.45) is 0 Å². The quantitative estimate of drug-likeness (QED) is 0.828. The third-order valence-corrected chi connectivity index (χ3v) is 3.10. The molecule has 17 heavy (non-hydrogen) atoms. The molecule has 0 radical (unpaired) electrons. The maximum absolute atomic E-state index is 6.01. The van der Waals surface area contributed by atoms with E-state index in [1.54, 1.807) is 6.07 Å². The average Bonchev–Trinajstić information content (AvgIpc) is 2.62. The van der Waals surface area contributed by atoms with E-state index in [1.807, 2.05) is 19.1 Å². The maximum atomic E-state index is 6.01. The van der Waals surface area contributed by atoms with Crippen LogP contribution in [0.15, 0.2) is 27.3 Å². The third-order valence-electron chi connectivity index (χ3n) is 2.21. The normalized spacial score (nSPS) is 10.6. The number of nitrogens with zero attached hydrogens (tertiary/aromatic N) is 1. The molecule has 0 fully saturated rings. The van der Waals surface area contributed by atoms with Crippen molar-refractivity contribution in [1.82, 2.24) is 4.98 Å². The van der Waals surface area contributed by atoms with Gasteiger partial charge in [0.2, 0.25) is 0 Å². The van der Waals surface area contributed by atoms with Crippen LogP contribution in [-0.4, -0.2) is 4.98 Å². The Hall–Kier alpha value is -0.710. The third kappa shape index (κ3) is 3.15. The summed E-state index contributed by atoms with van der Waals surface area (Å²) in [7, 11) is 0. The molecule has 0 aliphatic rings. The number of anilines is 1. The molecule has 0 aromatic carbocycles. The number of nitrogens with one attached hydrogen (secondary N) is 1. The first kappa shape index (κ1) is 12.7. The fraction of sp³-hybridized carbons (Fsp3) is 0.182. The molecule has 2 rings (SSSR count). The van der Waals surface area contributed by atoms with E-state index in [2.05, 4.69) is 26.2 Å². The number of hydrogen-bond acceptors (Lipinski definition) is 3. The van der Waals surface area contributed by atoms with Crippen LogP contribution in [0.1, 0.15) is 11.3 Å². The number of halogens is 3. The Labute approximate surface area is 117 Å². The number of pyridine rings is 1. The molecule has 2 aromatic heterocycles. The molecular weight excluding hydrogens is 327 g/mol. The van der Waals surface area contributed by atoms with E-state index < -0.39 is 0 Å². The van der Waals surface area contributed by atoms with Gasteiger partial charge in [0, 0.05) is 0 Å². The lowest BCUT2D eigenvalue weighted by Crippen LogP contribution is -2.02. The number of aryl methyl sites for hydroxylation is 1. The van der Waals surface area contributed by atoms with Gasteiger partial charge in [-0.05, 0) is 46.6 Å². The minimum absolute atomic E-state index is 0.362. The summed E-state index contributed by atoms with van der Waals surface area (Å²) in [6.45, 7) is 2.45. The molecule has 0 aliphatic carbocycles. The van der Waals surface area contributed by atoms with Gasteiger partial charge in [0.05, 0.1) is 12.2 Å².